The fraction of sp³-hybridized carbons (Fsp3) is 0.227. The molecule has 0 saturated carbocycles. The zero-order chi connectivity index (χ0) is 22.1. The molecule has 160 valence electrons. The van der Waals surface area contributed by atoms with E-state index in [0.29, 0.717) is 24.3 Å². The summed E-state index contributed by atoms with van der Waals surface area (Å²) in [7, 11) is 0. The number of aliphatic hydroxyl groups is 1. The molecular weight excluding hydrogens is 410 g/mol. The molecule has 0 atom stereocenters. The van der Waals surface area contributed by atoms with Crippen LogP contribution >= 0.6 is 0 Å². The number of nitrogens with zero attached hydrogens (tertiary/aromatic N) is 1. The average Bonchev–Trinajstić information content (AvgIpc) is 2.75. The van der Waals surface area contributed by atoms with Gasteiger partial charge in [0.05, 0.1) is 17.4 Å². The highest BCUT2D eigenvalue weighted by atomic mass is 19.1. The van der Waals surface area contributed by atoms with Crippen molar-refractivity contribution in [2.75, 3.05) is 18.4 Å². The molecule has 0 aliphatic carbocycles. The van der Waals surface area contributed by atoms with E-state index in [-0.39, 0.29) is 24.2 Å². The molecule has 0 unspecified atom stereocenters. The van der Waals surface area contributed by atoms with Gasteiger partial charge in [0.25, 0.3) is 11.8 Å². The number of fused-ring (bicyclic) bond motifs is 1. The molecule has 7 nitrogen and oxygen atoms in total. The van der Waals surface area contributed by atoms with E-state index in [0.717, 1.165) is 6.07 Å². The van der Waals surface area contributed by atoms with Gasteiger partial charge in [-0.25, -0.2) is 13.6 Å². The van der Waals surface area contributed by atoms with Crippen LogP contribution in [0.4, 0.5) is 14.5 Å². The number of carbonyl (C=O) groups excluding carboxylic acids is 2. The lowest BCUT2D eigenvalue weighted by molar-refractivity contribution is 0.0542. The molecule has 9 heteroatoms. The first kappa shape index (κ1) is 20.7. The Labute approximate surface area is 174 Å². The summed E-state index contributed by atoms with van der Waals surface area (Å²) in [5, 5.41) is 12.3. The lowest BCUT2D eigenvalue weighted by Gasteiger charge is -2.29. The maximum absolute atomic E-state index is 14.3. The number of likely N-dealkylation sites (tertiary alicyclic amines) is 1. The topological polar surface area (TPSA) is 99.8 Å². The van der Waals surface area contributed by atoms with Crippen LogP contribution in [0, 0.1) is 11.6 Å². The van der Waals surface area contributed by atoms with Crippen molar-refractivity contribution in [2.24, 2.45) is 0 Å². The lowest BCUT2D eigenvalue weighted by Crippen LogP contribution is -2.40. The summed E-state index contributed by atoms with van der Waals surface area (Å²) in [6, 6.07) is 9.28. The molecule has 1 aliphatic rings. The van der Waals surface area contributed by atoms with Gasteiger partial charge in [0.1, 0.15) is 22.8 Å². The van der Waals surface area contributed by atoms with Crippen molar-refractivity contribution in [3.8, 4) is 0 Å². The zero-order valence-electron chi connectivity index (χ0n) is 16.2. The van der Waals surface area contributed by atoms with Gasteiger partial charge in [0, 0.05) is 24.5 Å². The molecule has 1 fully saturated rings. The predicted molar refractivity (Wildman–Crippen MR) is 108 cm³/mol. The van der Waals surface area contributed by atoms with E-state index >= 15 is 0 Å². The highest BCUT2D eigenvalue weighted by Gasteiger charge is 2.26. The number of halogens is 2. The number of hydrogen-bond donors (Lipinski definition) is 2. The van der Waals surface area contributed by atoms with Crippen LogP contribution in [0.5, 0.6) is 0 Å². The molecule has 0 spiro atoms. The first-order valence-electron chi connectivity index (χ1n) is 9.64. The van der Waals surface area contributed by atoms with E-state index in [1.54, 1.807) is 24.3 Å². The van der Waals surface area contributed by atoms with Gasteiger partial charge in [-0.15, -0.1) is 0 Å². The molecule has 0 bridgehead atoms. The molecule has 2 heterocycles. The van der Waals surface area contributed by atoms with Crippen LogP contribution < -0.4 is 10.9 Å². The Balaban J connectivity index is 1.62. The summed E-state index contributed by atoms with van der Waals surface area (Å²) in [4.78, 5) is 38.7. The molecule has 2 aromatic carbocycles. The van der Waals surface area contributed by atoms with E-state index < -0.39 is 46.4 Å². The van der Waals surface area contributed by atoms with Crippen LogP contribution in [-0.2, 0) is 0 Å². The molecule has 4 rings (SSSR count). The van der Waals surface area contributed by atoms with Gasteiger partial charge >= 0.3 is 5.63 Å². The fourth-order valence-corrected chi connectivity index (χ4v) is 3.46. The van der Waals surface area contributed by atoms with Crippen molar-refractivity contribution < 1.29 is 27.9 Å². The molecular formula is C22H18F2N2O5. The van der Waals surface area contributed by atoms with Gasteiger partial charge in [-0.3, -0.25) is 9.59 Å². The van der Waals surface area contributed by atoms with Crippen LogP contribution in [0.25, 0.3) is 11.0 Å². The van der Waals surface area contributed by atoms with Gasteiger partial charge < -0.3 is 19.7 Å². The predicted octanol–water partition coefficient (Wildman–Crippen LogP) is 2.92. The second-order valence-corrected chi connectivity index (χ2v) is 7.27. The van der Waals surface area contributed by atoms with Gasteiger partial charge in [-0.2, -0.15) is 0 Å². The third-order valence-electron chi connectivity index (χ3n) is 5.17. The zero-order valence-corrected chi connectivity index (χ0v) is 16.2. The van der Waals surface area contributed by atoms with E-state index in [2.05, 4.69) is 5.32 Å². The van der Waals surface area contributed by atoms with Gasteiger partial charge in [-0.05, 0) is 31.0 Å². The number of hydrogen-bond acceptors (Lipinski definition) is 5. The van der Waals surface area contributed by atoms with Crippen molar-refractivity contribution in [1.82, 2.24) is 4.90 Å². The van der Waals surface area contributed by atoms with Crippen LogP contribution in [0.15, 0.2) is 51.7 Å². The van der Waals surface area contributed by atoms with Crippen molar-refractivity contribution >= 4 is 28.5 Å². The Morgan fingerprint density at radius 3 is 2.48 bits per heavy atom. The third-order valence-corrected chi connectivity index (χ3v) is 5.17. The van der Waals surface area contributed by atoms with E-state index in [9.17, 15) is 28.3 Å². The lowest BCUT2D eigenvalue weighted by atomic mass is 10.1. The number of piperidine rings is 1. The summed E-state index contributed by atoms with van der Waals surface area (Å²) in [6.45, 7) is 0.466. The van der Waals surface area contributed by atoms with Crippen LogP contribution in [-0.4, -0.2) is 41.0 Å². The number of amides is 2. The van der Waals surface area contributed by atoms with E-state index in [1.165, 1.54) is 11.0 Å². The van der Waals surface area contributed by atoms with Crippen LogP contribution in [0.2, 0.25) is 0 Å². The highest BCUT2D eigenvalue weighted by Crippen LogP contribution is 2.23. The Kier molecular flexibility index (Phi) is 5.51. The first-order valence-corrected chi connectivity index (χ1v) is 9.64. The Morgan fingerprint density at radius 1 is 1.03 bits per heavy atom. The summed E-state index contributed by atoms with van der Waals surface area (Å²) in [5.41, 5.74) is -1.85. The summed E-state index contributed by atoms with van der Waals surface area (Å²) in [5.74, 6) is -3.80. The third kappa shape index (κ3) is 4.17. The second-order valence-electron chi connectivity index (χ2n) is 7.27. The largest absolute Gasteiger partial charge is 0.422 e. The maximum Gasteiger partial charge on any atom is 0.349 e. The molecule has 1 aliphatic heterocycles. The average molecular weight is 428 g/mol. The Hall–Kier alpha value is -3.59. The van der Waals surface area contributed by atoms with Crippen LogP contribution in [0.3, 0.4) is 0 Å². The summed E-state index contributed by atoms with van der Waals surface area (Å²) < 4.78 is 33.7. The van der Waals surface area contributed by atoms with Gasteiger partial charge in [-0.1, -0.05) is 18.2 Å². The highest BCUT2D eigenvalue weighted by molar-refractivity contribution is 6.06. The number of benzene rings is 2. The Bertz CT molecular complexity index is 1230. The minimum atomic E-state index is -1.10. The smallest absolute Gasteiger partial charge is 0.349 e. The number of rotatable bonds is 3. The number of anilines is 1. The number of nitrogens with one attached hydrogen (secondary N) is 1. The summed E-state index contributed by atoms with van der Waals surface area (Å²) in [6.07, 6.45) is 0.191. The summed E-state index contributed by atoms with van der Waals surface area (Å²) >= 11 is 0. The van der Waals surface area contributed by atoms with Crippen molar-refractivity contribution in [2.45, 2.75) is 18.9 Å². The molecule has 3 aromatic rings. The SMILES string of the molecule is O=C(Nc1cc(C(=O)N2CCC(O)CC2)c(F)cc1F)c1cc2ccccc2oc1=O. The number of carbonyl (C=O) groups is 2. The molecule has 2 amide bonds. The molecule has 1 saturated heterocycles. The van der Waals surface area contributed by atoms with Crippen molar-refractivity contribution in [3.63, 3.8) is 0 Å². The molecule has 31 heavy (non-hydrogen) atoms. The van der Waals surface area contributed by atoms with Crippen LogP contribution in [0.1, 0.15) is 33.6 Å². The second kappa shape index (κ2) is 8.27. The minimum absolute atomic E-state index is 0.233. The molecule has 0 radical (unpaired) electrons. The monoisotopic (exact) mass is 428 g/mol. The first-order chi connectivity index (χ1) is 14.8. The fourth-order valence-electron chi connectivity index (χ4n) is 3.46. The minimum Gasteiger partial charge on any atom is -0.422 e. The Morgan fingerprint density at radius 2 is 1.74 bits per heavy atom. The molecule has 1 aromatic heterocycles. The van der Waals surface area contributed by atoms with Crippen molar-refractivity contribution in [1.29, 1.82) is 0 Å². The molecule has 2 N–H and O–H groups in total. The number of para-hydroxylation sites is 1. The normalized spacial score (nSPS) is 14.6. The maximum atomic E-state index is 14.3. The van der Waals surface area contributed by atoms with Gasteiger partial charge in [0.15, 0.2) is 0 Å². The van der Waals surface area contributed by atoms with E-state index in [1.807, 2.05) is 0 Å². The standard InChI is InChI=1S/C22H18F2N2O5/c23-16-11-17(24)18(10-14(16)21(29)26-7-5-13(27)6-8-26)25-20(28)15-9-12-3-1-2-4-19(12)31-22(15)30/h1-4,9-11,13,27H,5-8H2,(H,25,28). The van der Waals surface area contributed by atoms with E-state index in [4.69, 9.17) is 4.42 Å². The quantitative estimate of drug-likeness (QED) is 0.625. The number of aliphatic hydroxyl groups excluding tert-OH is 1. The van der Waals surface area contributed by atoms with Crippen molar-refractivity contribution in [3.05, 3.63) is 75.6 Å². The van der Waals surface area contributed by atoms with Gasteiger partial charge in [0.2, 0.25) is 0 Å².